The summed E-state index contributed by atoms with van der Waals surface area (Å²) >= 11 is 0. The van der Waals surface area contributed by atoms with E-state index in [0.717, 1.165) is 13.0 Å². The maximum Gasteiger partial charge on any atom is 0.270 e. The van der Waals surface area contributed by atoms with Crippen LogP contribution in [0.3, 0.4) is 0 Å². The molecule has 1 rings (SSSR count). The molecule has 0 aliphatic heterocycles. The molecule has 0 atom stereocenters. The standard InChI is InChI=1S/C11H11F3O2/c1-6(15)8-4-7(11(2,13)14)5-9(12)10(8)16-3/h4-5H,1-3H3. The predicted molar refractivity (Wildman–Crippen MR) is 52.5 cm³/mol. The Balaban J connectivity index is 3.46. The summed E-state index contributed by atoms with van der Waals surface area (Å²) in [5.74, 6) is -4.99. The maximum atomic E-state index is 13.4. The molecule has 0 radical (unpaired) electrons. The first kappa shape index (κ1) is 12.5. The molecule has 0 saturated heterocycles. The Kier molecular flexibility index (Phi) is 3.26. The Hall–Kier alpha value is -1.52. The van der Waals surface area contributed by atoms with Gasteiger partial charge in [0.25, 0.3) is 5.92 Å². The second-order valence-corrected chi connectivity index (χ2v) is 3.48. The molecule has 0 aromatic heterocycles. The minimum atomic E-state index is -3.20. The number of carbonyl (C=O) groups excluding carboxylic acids is 1. The molecule has 0 amide bonds. The Bertz CT molecular complexity index is 422. The highest BCUT2D eigenvalue weighted by atomic mass is 19.3. The van der Waals surface area contributed by atoms with Crippen molar-refractivity contribution in [2.45, 2.75) is 19.8 Å². The average molecular weight is 232 g/mol. The molecule has 88 valence electrons. The number of ketones is 1. The van der Waals surface area contributed by atoms with E-state index in [1.54, 1.807) is 0 Å². The summed E-state index contributed by atoms with van der Waals surface area (Å²) < 4.78 is 44.0. The number of Topliss-reactive ketones (excluding diaryl/α,β-unsaturated/α-hetero) is 1. The number of methoxy groups -OCH3 is 1. The van der Waals surface area contributed by atoms with Gasteiger partial charge in [-0.05, 0) is 19.1 Å². The zero-order valence-electron chi connectivity index (χ0n) is 9.11. The molecule has 16 heavy (non-hydrogen) atoms. The molecule has 1 aromatic carbocycles. The molecule has 0 heterocycles. The summed E-state index contributed by atoms with van der Waals surface area (Å²) in [4.78, 5) is 11.2. The Morgan fingerprint density at radius 1 is 1.38 bits per heavy atom. The molecule has 0 bridgehead atoms. The third-order valence-electron chi connectivity index (χ3n) is 2.13. The van der Waals surface area contributed by atoms with Crippen LogP contribution in [-0.4, -0.2) is 12.9 Å². The second-order valence-electron chi connectivity index (χ2n) is 3.48. The van der Waals surface area contributed by atoms with Gasteiger partial charge in [-0.1, -0.05) is 0 Å². The molecule has 0 aliphatic carbocycles. The number of alkyl halides is 2. The number of benzene rings is 1. The van der Waals surface area contributed by atoms with Gasteiger partial charge in [-0.25, -0.2) is 13.2 Å². The van der Waals surface area contributed by atoms with E-state index in [-0.39, 0.29) is 11.3 Å². The molecule has 1 aromatic rings. The van der Waals surface area contributed by atoms with E-state index < -0.39 is 23.1 Å². The third kappa shape index (κ3) is 2.35. The van der Waals surface area contributed by atoms with Crippen LogP contribution >= 0.6 is 0 Å². The van der Waals surface area contributed by atoms with Gasteiger partial charge in [-0.2, -0.15) is 0 Å². The van der Waals surface area contributed by atoms with Crippen molar-refractivity contribution in [3.05, 3.63) is 29.1 Å². The summed E-state index contributed by atoms with van der Waals surface area (Å²) in [6.45, 7) is 1.80. The largest absolute Gasteiger partial charge is 0.493 e. The minimum absolute atomic E-state index is 0.181. The Labute approximate surface area is 91.0 Å². The van der Waals surface area contributed by atoms with Crippen molar-refractivity contribution >= 4 is 5.78 Å². The van der Waals surface area contributed by atoms with Crippen LogP contribution in [0.2, 0.25) is 0 Å². The molecule has 0 unspecified atom stereocenters. The van der Waals surface area contributed by atoms with Gasteiger partial charge in [-0.3, -0.25) is 4.79 Å². The number of rotatable bonds is 3. The predicted octanol–water partition coefficient (Wildman–Crippen LogP) is 3.15. The number of hydrogen-bond acceptors (Lipinski definition) is 2. The molecule has 0 aliphatic rings. The van der Waals surface area contributed by atoms with Crippen molar-refractivity contribution in [1.29, 1.82) is 0 Å². The Morgan fingerprint density at radius 2 is 1.94 bits per heavy atom. The summed E-state index contributed by atoms with van der Waals surface area (Å²) in [5, 5.41) is 0. The molecular formula is C11H11F3O2. The van der Waals surface area contributed by atoms with Crippen LogP contribution < -0.4 is 4.74 Å². The van der Waals surface area contributed by atoms with Crippen molar-refractivity contribution < 1.29 is 22.7 Å². The van der Waals surface area contributed by atoms with Gasteiger partial charge in [0.15, 0.2) is 17.3 Å². The van der Waals surface area contributed by atoms with Crippen molar-refractivity contribution in [2.24, 2.45) is 0 Å². The lowest BCUT2D eigenvalue weighted by atomic mass is 10.0. The maximum absolute atomic E-state index is 13.4. The van der Waals surface area contributed by atoms with Crippen LogP contribution in [-0.2, 0) is 5.92 Å². The number of carbonyl (C=O) groups is 1. The highest BCUT2D eigenvalue weighted by Gasteiger charge is 2.28. The molecular weight excluding hydrogens is 221 g/mol. The zero-order chi connectivity index (χ0) is 12.5. The van der Waals surface area contributed by atoms with Gasteiger partial charge in [0.1, 0.15) is 0 Å². The molecule has 2 nitrogen and oxygen atoms in total. The van der Waals surface area contributed by atoms with E-state index in [0.29, 0.717) is 13.0 Å². The number of halogens is 3. The van der Waals surface area contributed by atoms with Gasteiger partial charge in [-0.15, -0.1) is 0 Å². The monoisotopic (exact) mass is 232 g/mol. The van der Waals surface area contributed by atoms with E-state index in [9.17, 15) is 18.0 Å². The van der Waals surface area contributed by atoms with E-state index >= 15 is 0 Å². The number of ether oxygens (including phenoxy) is 1. The topological polar surface area (TPSA) is 26.3 Å². The summed E-state index contributed by atoms with van der Waals surface area (Å²) in [5.41, 5.74) is -0.727. The van der Waals surface area contributed by atoms with Gasteiger partial charge in [0.05, 0.1) is 12.7 Å². The number of hydrogen-bond donors (Lipinski definition) is 0. The summed E-state index contributed by atoms with van der Waals surface area (Å²) in [6.07, 6.45) is 0. The fraction of sp³-hybridized carbons (Fsp3) is 0.364. The van der Waals surface area contributed by atoms with Crippen LogP contribution in [0.15, 0.2) is 12.1 Å². The highest BCUT2D eigenvalue weighted by molar-refractivity contribution is 5.97. The smallest absolute Gasteiger partial charge is 0.270 e. The summed E-state index contributed by atoms with van der Waals surface area (Å²) in [7, 11) is 1.18. The van der Waals surface area contributed by atoms with Crippen LogP contribution in [0, 0.1) is 5.82 Å². The van der Waals surface area contributed by atoms with Crippen molar-refractivity contribution in [3.63, 3.8) is 0 Å². The first-order valence-electron chi connectivity index (χ1n) is 4.54. The van der Waals surface area contributed by atoms with Gasteiger partial charge >= 0.3 is 0 Å². The molecule has 0 fully saturated rings. The first-order valence-corrected chi connectivity index (χ1v) is 4.54. The Morgan fingerprint density at radius 3 is 2.31 bits per heavy atom. The van der Waals surface area contributed by atoms with E-state index in [1.165, 1.54) is 7.11 Å². The van der Waals surface area contributed by atoms with Crippen molar-refractivity contribution in [2.75, 3.05) is 7.11 Å². The SMILES string of the molecule is COc1c(F)cc(C(C)(F)F)cc1C(C)=O. The molecule has 0 spiro atoms. The van der Waals surface area contributed by atoms with Gasteiger partial charge in [0, 0.05) is 12.5 Å². The first-order chi connectivity index (χ1) is 7.27. The van der Waals surface area contributed by atoms with E-state index in [4.69, 9.17) is 0 Å². The molecule has 5 heteroatoms. The quantitative estimate of drug-likeness (QED) is 0.748. The highest BCUT2D eigenvalue weighted by Crippen LogP contribution is 2.33. The van der Waals surface area contributed by atoms with E-state index in [1.807, 2.05) is 0 Å². The van der Waals surface area contributed by atoms with Gasteiger partial charge < -0.3 is 4.74 Å². The van der Waals surface area contributed by atoms with Crippen LogP contribution in [0.1, 0.15) is 29.8 Å². The van der Waals surface area contributed by atoms with Crippen molar-refractivity contribution in [3.8, 4) is 5.75 Å². The molecule has 0 N–H and O–H groups in total. The normalized spacial score (nSPS) is 11.4. The van der Waals surface area contributed by atoms with Crippen LogP contribution in [0.4, 0.5) is 13.2 Å². The lowest BCUT2D eigenvalue weighted by molar-refractivity contribution is 0.0170. The van der Waals surface area contributed by atoms with Gasteiger partial charge in [0.2, 0.25) is 0 Å². The van der Waals surface area contributed by atoms with Crippen LogP contribution in [0.25, 0.3) is 0 Å². The summed E-state index contributed by atoms with van der Waals surface area (Å²) in [6, 6.07) is 1.62. The van der Waals surface area contributed by atoms with Crippen LogP contribution in [0.5, 0.6) is 5.75 Å². The fourth-order valence-corrected chi connectivity index (χ4v) is 1.32. The lowest BCUT2D eigenvalue weighted by Crippen LogP contribution is -2.10. The lowest BCUT2D eigenvalue weighted by Gasteiger charge is -2.14. The fourth-order valence-electron chi connectivity index (χ4n) is 1.32. The third-order valence-corrected chi connectivity index (χ3v) is 2.13. The second kappa shape index (κ2) is 4.15. The van der Waals surface area contributed by atoms with Crippen molar-refractivity contribution in [1.82, 2.24) is 0 Å². The average Bonchev–Trinajstić information content (AvgIpc) is 2.14. The zero-order valence-corrected chi connectivity index (χ0v) is 9.11. The molecule has 0 saturated carbocycles. The minimum Gasteiger partial charge on any atom is -0.493 e. The van der Waals surface area contributed by atoms with E-state index in [2.05, 4.69) is 4.74 Å².